The largest absolute Gasteiger partial charge is 0.483 e. The number of rotatable bonds is 11. The van der Waals surface area contributed by atoms with Crippen LogP contribution in [0.2, 0.25) is 0 Å². The van der Waals surface area contributed by atoms with Crippen molar-refractivity contribution in [1.82, 2.24) is 10.2 Å². The van der Waals surface area contributed by atoms with Crippen molar-refractivity contribution in [3.63, 3.8) is 0 Å². The van der Waals surface area contributed by atoms with E-state index in [0.29, 0.717) is 25.3 Å². The van der Waals surface area contributed by atoms with Crippen molar-refractivity contribution in [3.8, 4) is 5.75 Å². The molecule has 0 aliphatic carbocycles. The molecule has 3 rings (SSSR count). The van der Waals surface area contributed by atoms with Crippen LogP contribution in [0.15, 0.2) is 72.8 Å². The summed E-state index contributed by atoms with van der Waals surface area (Å²) < 4.78 is 5.96. The third kappa shape index (κ3) is 7.71. The Bertz CT molecular complexity index is 1130. The number of ether oxygens (including phenoxy) is 1. The summed E-state index contributed by atoms with van der Waals surface area (Å²) in [4.78, 5) is 28.6. The summed E-state index contributed by atoms with van der Waals surface area (Å²) in [5.74, 6) is 0.312. The van der Waals surface area contributed by atoms with Crippen molar-refractivity contribution in [1.29, 1.82) is 0 Å². The molecule has 0 fully saturated rings. The standard InChI is InChI=1S/C30H36N2O3/c1-5-16-31-30(34)27(19-25-11-7-6-8-12-25)32(20-26-13-9-10-22(2)17-26)29(33)21-35-28-18-23(3)14-15-24(28)4/h6-15,17-18,27H,5,16,19-21H2,1-4H3,(H,31,34). The first-order chi connectivity index (χ1) is 16.9. The summed E-state index contributed by atoms with van der Waals surface area (Å²) in [6.07, 6.45) is 1.25. The number of aryl methyl sites for hydroxylation is 3. The molecule has 0 spiro atoms. The van der Waals surface area contributed by atoms with E-state index < -0.39 is 6.04 Å². The third-order valence-electron chi connectivity index (χ3n) is 5.95. The van der Waals surface area contributed by atoms with Gasteiger partial charge in [0.1, 0.15) is 11.8 Å². The maximum atomic E-state index is 13.6. The molecule has 0 aliphatic heterocycles. The van der Waals surface area contributed by atoms with Crippen molar-refractivity contribution >= 4 is 11.8 Å². The van der Waals surface area contributed by atoms with Crippen LogP contribution < -0.4 is 10.1 Å². The van der Waals surface area contributed by atoms with E-state index in [1.807, 2.05) is 94.4 Å². The van der Waals surface area contributed by atoms with E-state index >= 15 is 0 Å². The van der Waals surface area contributed by atoms with Crippen LogP contribution in [-0.2, 0) is 22.6 Å². The van der Waals surface area contributed by atoms with Gasteiger partial charge >= 0.3 is 0 Å². The molecular weight excluding hydrogens is 436 g/mol. The Morgan fingerprint density at radius 1 is 0.886 bits per heavy atom. The van der Waals surface area contributed by atoms with E-state index in [9.17, 15) is 9.59 Å². The van der Waals surface area contributed by atoms with Crippen molar-refractivity contribution in [2.75, 3.05) is 13.2 Å². The molecule has 5 nitrogen and oxygen atoms in total. The lowest BCUT2D eigenvalue weighted by molar-refractivity contribution is -0.142. The number of nitrogens with one attached hydrogen (secondary N) is 1. The van der Waals surface area contributed by atoms with Gasteiger partial charge in [-0.15, -0.1) is 0 Å². The summed E-state index contributed by atoms with van der Waals surface area (Å²) in [5.41, 5.74) is 5.12. The zero-order valence-corrected chi connectivity index (χ0v) is 21.2. The topological polar surface area (TPSA) is 58.6 Å². The molecule has 0 aromatic heterocycles. The number of nitrogens with zero attached hydrogens (tertiary/aromatic N) is 1. The fourth-order valence-electron chi connectivity index (χ4n) is 4.01. The Morgan fingerprint density at radius 2 is 1.60 bits per heavy atom. The van der Waals surface area contributed by atoms with Gasteiger partial charge in [-0.1, -0.05) is 79.2 Å². The van der Waals surface area contributed by atoms with Crippen LogP contribution in [-0.4, -0.2) is 35.9 Å². The van der Waals surface area contributed by atoms with Crippen LogP contribution >= 0.6 is 0 Å². The van der Waals surface area contributed by atoms with Crippen LogP contribution in [0.3, 0.4) is 0 Å². The van der Waals surface area contributed by atoms with Crippen molar-refractivity contribution < 1.29 is 14.3 Å². The van der Waals surface area contributed by atoms with Crippen molar-refractivity contribution in [3.05, 3.63) is 101 Å². The lowest BCUT2D eigenvalue weighted by atomic mass is 10.0. The monoisotopic (exact) mass is 472 g/mol. The van der Waals surface area contributed by atoms with E-state index in [1.54, 1.807) is 4.90 Å². The molecule has 2 amide bonds. The molecule has 184 valence electrons. The second-order valence-corrected chi connectivity index (χ2v) is 9.06. The van der Waals surface area contributed by atoms with Crippen LogP contribution in [0.25, 0.3) is 0 Å². The molecule has 1 N–H and O–H groups in total. The third-order valence-corrected chi connectivity index (χ3v) is 5.95. The van der Waals surface area contributed by atoms with E-state index in [1.165, 1.54) is 0 Å². The number of benzene rings is 3. The summed E-state index contributed by atoms with van der Waals surface area (Å²) in [6, 6.07) is 23.1. The molecule has 0 bridgehead atoms. The molecule has 1 unspecified atom stereocenters. The quantitative estimate of drug-likeness (QED) is 0.420. The van der Waals surface area contributed by atoms with Gasteiger partial charge in [0, 0.05) is 19.5 Å². The first-order valence-electron chi connectivity index (χ1n) is 12.2. The van der Waals surface area contributed by atoms with Gasteiger partial charge in [0.05, 0.1) is 0 Å². The molecule has 0 radical (unpaired) electrons. The Balaban J connectivity index is 1.91. The fourth-order valence-corrected chi connectivity index (χ4v) is 4.01. The highest BCUT2D eigenvalue weighted by Gasteiger charge is 2.30. The first-order valence-corrected chi connectivity index (χ1v) is 12.2. The summed E-state index contributed by atoms with van der Waals surface area (Å²) in [5, 5.41) is 3.00. The lowest BCUT2D eigenvalue weighted by Gasteiger charge is -2.31. The van der Waals surface area contributed by atoms with Gasteiger partial charge in [-0.2, -0.15) is 0 Å². The Hall–Kier alpha value is -3.60. The second kappa shape index (κ2) is 12.7. The highest BCUT2D eigenvalue weighted by atomic mass is 16.5. The maximum absolute atomic E-state index is 13.6. The van der Waals surface area contributed by atoms with E-state index in [4.69, 9.17) is 4.74 Å². The second-order valence-electron chi connectivity index (χ2n) is 9.06. The molecule has 3 aromatic carbocycles. The summed E-state index contributed by atoms with van der Waals surface area (Å²) >= 11 is 0. The first kappa shape index (κ1) is 26.0. The van der Waals surface area contributed by atoms with Gasteiger partial charge in [-0.25, -0.2) is 0 Å². The van der Waals surface area contributed by atoms with Crippen LogP contribution in [0.1, 0.15) is 41.2 Å². The minimum atomic E-state index is -0.654. The smallest absolute Gasteiger partial charge is 0.261 e. The Labute approximate surface area is 209 Å². The number of carbonyl (C=O) groups is 2. The predicted octanol–water partition coefficient (Wildman–Crippen LogP) is 5.16. The summed E-state index contributed by atoms with van der Waals surface area (Å²) in [7, 11) is 0. The Morgan fingerprint density at radius 3 is 2.31 bits per heavy atom. The molecule has 0 heterocycles. The molecule has 0 aliphatic rings. The molecule has 0 saturated carbocycles. The zero-order chi connectivity index (χ0) is 25.2. The van der Waals surface area contributed by atoms with E-state index in [-0.39, 0.29) is 18.4 Å². The molecule has 3 aromatic rings. The lowest BCUT2D eigenvalue weighted by Crippen LogP contribution is -2.51. The summed E-state index contributed by atoms with van der Waals surface area (Å²) in [6.45, 7) is 8.74. The molecular formula is C30H36N2O3. The van der Waals surface area contributed by atoms with Crippen LogP contribution in [0.4, 0.5) is 0 Å². The molecule has 0 saturated heterocycles. The molecule has 1 atom stereocenters. The predicted molar refractivity (Wildman–Crippen MR) is 140 cm³/mol. The van der Waals surface area contributed by atoms with Crippen LogP contribution in [0, 0.1) is 20.8 Å². The van der Waals surface area contributed by atoms with Gasteiger partial charge in [0.25, 0.3) is 5.91 Å². The van der Waals surface area contributed by atoms with E-state index in [0.717, 1.165) is 34.2 Å². The fraction of sp³-hybridized carbons (Fsp3) is 0.333. The SMILES string of the molecule is CCCNC(=O)C(Cc1ccccc1)N(Cc1cccc(C)c1)C(=O)COc1cc(C)ccc1C. The van der Waals surface area contributed by atoms with E-state index in [2.05, 4.69) is 11.4 Å². The minimum Gasteiger partial charge on any atom is -0.483 e. The van der Waals surface area contributed by atoms with Gasteiger partial charge in [0.15, 0.2) is 6.61 Å². The van der Waals surface area contributed by atoms with Crippen LogP contribution in [0.5, 0.6) is 5.75 Å². The van der Waals surface area contributed by atoms with Gasteiger partial charge in [-0.3, -0.25) is 9.59 Å². The van der Waals surface area contributed by atoms with Crippen molar-refractivity contribution in [2.45, 2.75) is 53.1 Å². The number of hydrogen-bond acceptors (Lipinski definition) is 3. The average molecular weight is 473 g/mol. The van der Waals surface area contributed by atoms with Gasteiger partial charge in [-0.05, 0) is 55.5 Å². The number of hydrogen-bond donors (Lipinski definition) is 1. The molecule has 35 heavy (non-hydrogen) atoms. The number of carbonyl (C=O) groups excluding carboxylic acids is 2. The highest BCUT2D eigenvalue weighted by molar-refractivity contribution is 5.88. The van der Waals surface area contributed by atoms with Gasteiger partial charge < -0.3 is 15.0 Å². The normalized spacial score (nSPS) is 11.5. The molecule has 5 heteroatoms. The number of amides is 2. The zero-order valence-electron chi connectivity index (χ0n) is 21.2. The maximum Gasteiger partial charge on any atom is 0.261 e. The minimum absolute atomic E-state index is 0.136. The van der Waals surface area contributed by atoms with Gasteiger partial charge in [0.2, 0.25) is 5.91 Å². The van der Waals surface area contributed by atoms with Crippen molar-refractivity contribution in [2.24, 2.45) is 0 Å². The highest BCUT2D eigenvalue weighted by Crippen LogP contribution is 2.20. The Kier molecular flexibility index (Phi) is 9.47. The average Bonchev–Trinajstić information content (AvgIpc) is 2.85.